The first-order chi connectivity index (χ1) is 11.0. The van der Waals surface area contributed by atoms with Gasteiger partial charge in [0.25, 0.3) is 0 Å². The van der Waals surface area contributed by atoms with Gasteiger partial charge < -0.3 is 38.3 Å². The van der Waals surface area contributed by atoms with E-state index < -0.39 is 37.0 Å². The highest BCUT2D eigenvalue weighted by atomic mass is 16.7. The van der Waals surface area contributed by atoms with E-state index in [0.717, 1.165) is 0 Å². The fraction of sp³-hybridized carbons (Fsp3) is 1.00. The third kappa shape index (κ3) is 5.91. The van der Waals surface area contributed by atoms with Gasteiger partial charge >= 0.3 is 0 Å². The normalized spacial score (nSPS) is 32.0. The van der Waals surface area contributed by atoms with Crippen LogP contribution < -0.4 is 0 Å². The molecule has 1 aliphatic rings. The van der Waals surface area contributed by atoms with Gasteiger partial charge in [0.15, 0.2) is 12.6 Å². The van der Waals surface area contributed by atoms with Crippen LogP contribution >= 0.6 is 0 Å². The summed E-state index contributed by atoms with van der Waals surface area (Å²) in [5.41, 5.74) is 0. The van der Waals surface area contributed by atoms with Gasteiger partial charge in [0, 0.05) is 28.4 Å². The highest BCUT2D eigenvalue weighted by Crippen LogP contribution is 2.26. The number of ether oxygens (including phenoxy) is 7. The second kappa shape index (κ2) is 10.5. The molecule has 0 saturated carbocycles. The summed E-state index contributed by atoms with van der Waals surface area (Å²) in [5.74, 6) is 0. The lowest BCUT2D eigenvalue weighted by Gasteiger charge is -2.43. The zero-order valence-electron chi connectivity index (χ0n) is 14.8. The van der Waals surface area contributed by atoms with Crippen LogP contribution in [0.25, 0.3) is 0 Å². The molecule has 138 valence electrons. The Morgan fingerprint density at radius 2 is 1.61 bits per heavy atom. The lowest BCUT2D eigenvalue weighted by atomic mass is 9.98. The third-order valence-corrected chi connectivity index (χ3v) is 3.68. The van der Waals surface area contributed by atoms with Gasteiger partial charge in [-0.05, 0) is 13.8 Å². The second-order valence-corrected chi connectivity index (χ2v) is 5.55. The Labute approximate surface area is 137 Å². The topological polar surface area (TPSA) is 84.8 Å². The van der Waals surface area contributed by atoms with Gasteiger partial charge in [0.1, 0.15) is 31.0 Å². The summed E-state index contributed by atoms with van der Waals surface area (Å²) < 4.78 is 37.9. The van der Waals surface area contributed by atoms with Crippen LogP contribution in [0, 0.1) is 0 Å². The molecule has 1 fully saturated rings. The summed E-state index contributed by atoms with van der Waals surface area (Å²) in [4.78, 5) is 0. The van der Waals surface area contributed by atoms with Crippen LogP contribution in [0.3, 0.4) is 0 Å². The number of methoxy groups -OCH3 is 4. The van der Waals surface area contributed by atoms with Crippen molar-refractivity contribution >= 4 is 0 Å². The van der Waals surface area contributed by atoms with E-state index >= 15 is 0 Å². The van der Waals surface area contributed by atoms with Crippen LogP contribution in [0.15, 0.2) is 0 Å². The zero-order valence-corrected chi connectivity index (χ0v) is 14.8. The molecule has 23 heavy (non-hydrogen) atoms. The van der Waals surface area contributed by atoms with Gasteiger partial charge in [0.2, 0.25) is 0 Å². The maximum atomic E-state index is 10.4. The molecular weight excluding hydrogens is 308 g/mol. The molecule has 0 aliphatic carbocycles. The molecular formula is C15H30O8. The van der Waals surface area contributed by atoms with E-state index in [0.29, 0.717) is 6.61 Å². The predicted octanol–water partition coefficient (Wildman–Crippen LogP) is 0.163. The van der Waals surface area contributed by atoms with Crippen molar-refractivity contribution in [3.8, 4) is 0 Å². The molecule has 0 radical (unpaired) electrons. The van der Waals surface area contributed by atoms with E-state index in [1.54, 1.807) is 7.11 Å². The van der Waals surface area contributed by atoms with Gasteiger partial charge in [-0.1, -0.05) is 0 Å². The van der Waals surface area contributed by atoms with Crippen molar-refractivity contribution in [2.24, 2.45) is 0 Å². The van der Waals surface area contributed by atoms with E-state index in [4.69, 9.17) is 33.2 Å². The number of hydrogen-bond acceptors (Lipinski definition) is 8. The van der Waals surface area contributed by atoms with Crippen molar-refractivity contribution in [3.05, 3.63) is 0 Å². The molecule has 0 spiro atoms. The predicted molar refractivity (Wildman–Crippen MR) is 81.1 cm³/mol. The zero-order chi connectivity index (χ0) is 17.4. The van der Waals surface area contributed by atoms with E-state index in [1.165, 1.54) is 21.3 Å². The highest BCUT2D eigenvalue weighted by Gasteiger charge is 2.46. The Morgan fingerprint density at radius 1 is 1.00 bits per heavy atom. The minimum Gasteiger partial charge on any atom is -0.385 e. The second-order valence-electron chi connectivity index (χ2n) is 5.55. The van der Waals surface area contributed by atoms with Gasteiger partial charge in [0.05, 0.1) is 12.7 Å². The molecule has 0 unspecified atom stereocenters. The summed E-state index contributed by atoms with van der Waals surface area (Å²) in [5, 5.41) is 10.4. The molecule has 0 aromatic heterocycles. The monoisotopic (exact) mass is 338 g/mol. The summed E-state index contributed by atoms with van der Waals surface area (Å²) in [6, 6.07) is 0. The maximum Gasteiger partial charge on any atom is 0.186 e. The number of aliphatic hydroxyl groups excluding tert-OH is 1. The van der Waals surface area contributed by atoms with Crippen molar-refractivity contribution in [2.45, 2.75) is 56.9 Å². The van der Waals surface area contributed by atoms with Crippen molar-refractivity contribution in [1.29, 1.82) is 0 Å². The quantitative estimate of drug-likeness (QED) is 0.564. The Kier molecular flexibility index (Phi) is 9.48. The molecule has 0 bridgehead atoms. The van der Waals surface area contributed by atoms with Crippen molar-refractivity contribution in [3.63, 3.8) is 0 Å². The van der Waals surface area contributed by atoms with Crippen LogP contribution in [-0.2, 0) is 33.2 Å². The average molecular weight is 338 g/mol. The molecule has 8 heteroatoms. The Morgan fingerprint density at radius 3 is 2.09 bits per heavy atom. The third-order valence-electron chi connectivity index (χ3n) is 3.68. The summed E-state index contributed by atoms with van der Waals surface area (Å²) in [6.45, 7) is 4.28. The Bertz CT molecular complexity index is 310. The molecule has 1 N–H and O–H groups in total. The number of hydrogen-bond donors (Lipinski definition) is 1. The molecule has 0 amide bonds. The van der Waals surface area contributed by atoms with Crippen LogP contribution in [0.5, 0.6) is 0 Å². The standard InChI is InChI=1S/C15H30O8/c1-9(2)21-7-10-13(19-5)14(20-6)12(16)15(23-10)22-8-11(17-3)18-4/h9-16H,7-8H2,1-6H3/t10-,12+,13-,14-,15+/m1/s1. The lowest BCUT2D eigenvalue weighted by Crippen LogP contribution is -2.61. The van der Waals surface area contributed by atoms with Crippen molar-refractivity contribution in [1.82, 2.24) is 0 Å². The van der Waals surface area contributed by atoms with Crippen LogP contribution in [0.1, 0.15) is 13.8 Å². The first-order valence-electron chi connectivity index (χ1n) is 7.66. The molecule has 1 aliphatic heterocycles. The fourth-order valence-corrected chi connectivity index (χ4v) is 2.42. The first kappa shape index (κ1) is 20.7. The van der Waals surface area contributed by atoms with E-state index in [9.17, 15) is 5.11 Å². The molecule has 1 heterocycles. The minimum absolute atomic E-state index is 0.0506. The number of rotatable bonds is 10. The molecule has 0 aromatic rings. The Balaban J connectivity index is 2.74. The van der Waals surface area contributed by atoms with Gasteiger partial charge in [-0.2, -0.15) is 0 Å². The first-order valence-corrected chi connectivity index (χ1v) is 7.66. The van der Waals surface area contributed by atoms with Gasteiger partial charge in [-0.3, -0.25) is 0 Å². The average Bonchev–Trinajstić information content (AvgIpc) is 2.54. The lowest BCUT2D eigenvalue weighted by molar-refractivity contribution is -0.320. The van der Waals surface area contributed by atoms with Crippen molar-refractivity contribution < 1.29 is 38.3 Å². The summed E-state index contributed by atoms with van der Waals surface area (Å²) in [7, 11) is 6.07. The molecule has 8 nitrogen and oxygen atoms in total. The smallest absolute Gasteiger partial charge is 0.186 e. The van der Waals surface area contributed by atoms with E-state index in [1.807, 2.05) is 13.8 Å². The molecule has 1 saturated heterocycles. The summed E-state index contributed by atoms with van der Waals surface area (Å²) >= 11 is 0. The molecule has 5 atom stereocenters. The maximum absolute atomic E-state index is 10.4. The van der Waals surface area contributed by atoms with E-state index in [-0.39, 0.29) is 12.7 Å². The van der Waals surface area contributed by atoms with Crippen LogP contribution in [-0.4, -0.2) is 89.9 Å². The largest absolute Gasteiger partial charge is 0.385 e. The number of aliphatic hydroxyl groups is 1. The van der Waals surface area contributed by atoms with E-state index in [2.05, 4.69) is 0 Å². The minimum atomic E-state index is -1.00. The van der Waals surface area contributed by atoms with Crippen LogP contribution in [0.4, 0.5) is 0 Å². The molecule has 0 aromatic carbocycles. The summed E-state index contributed by atoms with van der Waals surface area (Å²) in [6.07, 6.45) is -3.87. The van der Waals surface area contributed by atoms with Crippen molar-refractivity contribution in [2.75, 3.05) is 41.7 Å². The highest BCUT2D eigenvalue weighted by molar-refractivity contribution is 4.91. The molecule has 1 rings (SSSR count). The fourth-order valence-electron chi connectivity index (χ4n) is 2.42. The SMILES string of the molecule is COC(CO[C@H]1O[C@H](COC(C)C)[C@@H](OC)[C@H](OC)[C@@H]1O)OC. The van der Waals surface area contributed by atoms with Crippen LogP contribution in [0.2, 0.25) is 0 Å². The van der Waals surface area contributed by atoms with Gasteiger partial charge in [-0.15, -0.1) is 0 Å². The Hall–Kier alpha value is -0.320. The van der Waals surface area contributed by atoms with Gasteiger partial charge in [-0.25, -0.2) is 0 Å².